The fraction of sp³-hybridized carbons (Fsp3) is 0.542. The molecule has 1 aromatic rings. The van der Waals surface area contributed by atoms with Crippen LogP contribution in [0.25, 0.3) is 0 Å². The van der Waals surface area contributed by atoms with Crippen molar-refractivity contribution in [1.82, 2.24) is 10.8 Å². The van der Waals surface area contributed by atoms with E-state index in [1.807, 2.05) is 44.2 Å². The van der Waals surface area contributed by atoms with Gasteiger partial charge >= 0.3 is 5.97 Å². The largest absolute Gasteiger partial charge is 0.480 e. The van der Waals surface area contributed by atoms with E-state index in [-0.39, 0.29) is 18.9 Å². The minimum atomic E-state index is -1.11. The van der Waals surface area contributed by atoms with E-state index >= 15 is 0 Å². The van der Waals surface area contributed by atoms with Crippen molar-refractivity contribution >= 4 is 17.8 Å². The SMILES string of the molecule is C=CC[C@H](C(=O)NOCc1ccccc1)[C@@H](CC(C)C)C(=O)N[C@H](C(=O)O)C(C)(C)C. The minimum absolute atomic E-state index is 0.124. The molecule has 3 N–H and O–H groups in total. The third-order valence-electron chi connectivity index (χ3n) is 4.96. The molecule has 1 rings (SSSR count). The first kappa shape index (κ1) is 26.4. The number of carbonyl (C=O) groups is 3. The molecule has 0 fully saturated rings. The minimum Gasteiger partial charge on any atom is -0.480 e. The van der Waals surface area contributed by atoms with E-state index in [1.165, 1.54) is 0 Å². The molecule has 7 heteroatoms. The van der Waals surface area contributed by atoms with Crippen LogP contribution in [0.4, 0.5) is 0 Å². The monoisotopic (exact) mass is 432 g/mol. The highest BCUT2D eigenvalue weighted by molar-refractivity contribution is 5.90. The van der Waals surface area contributed by atoms with E-state index in [2.05, 4.69) is 17.4 Å². The van der Waals surface area contributed by atoms with Gasteiger partial charge in [-0.2, -0.15) is 0 Å². The number of aliphatic carboxylic acids is 1. The average molecular weight is 433 g/mol. The number of amides is 2. The summed E-state index contributed by atoms with van der Waals surface area (Å²) in [5.74, 6) is -3.33. The number of carboxylic acid groups (broad SMARTS) is 1. The molecule has 0 aliphatic heterocycles. The maximum atomic E-state index is 13.1. The molecule has 0 aliphatic rings. The lowest BCUT2D eigenvalue weighted by atomic mass is 9.81. The molecule has 0 unspecified atom stereocenters. The molecule has 0 spiro atoms. The van der Waals surface area contributed by atoms with E-state index in [1.54, 1.807) is 26.8 Å². The van der Waals surface area contributed by atoms with Crippen molar-refractivity contribution in [3.63, 3.8) is 0 Å². The Hall–Kier alpha value is -2.67. The predicted octanol–water partition coefficient (Wildman–Crippen LogP) is 3.70. The van der Waals surface area contributed by atoms with Gasteiger partial charge in [0.1, 0.15) is 6.04 Å². The smallest absolute Gasteiger partial charge is 0.326 e. The molecular formula is C24H36N2O5. The zero-order valence-corrected chi connectivity index (χ0v) is 19.2. The number of hydrogen-bond donors (Lipinski definition) is 3. The Labute approximate surface area is 185 Å². The second-order valence-electron chi connectivity index (χ2n) is 9.25. The van der Waals surface area contributed by atoms with E-state index in [0.717, 1.165) is 5.56 Å². The molecule has 3 atom stereocenters. The molecule has 31 heavy (non-hydrogen) atoms. The van der Waals surface area contributed by atoms with Gasteiger partial charge < -0.3 is 10.4 Å². The molecule has 0 heterocycles. The van der Waals surface area contributed by atoms with Crippen LogP contribution < -0.4 is 10.8 Å². The van der Waals surface area contributed by atoms with E-state index in [0.29, 0.717) is 6.42 Å². The number of allylic oxidation sites excluding steroid dienone is 1. The predicted molar refractivity (Wildman–Crippen MR) is 120 cm³/mol. The van der Waals surface area contributed by atoms with Crippen molar-refractivity contribution in [1.29, 1.82) is 0 Å². The van der Waals surface area contributed by atoms with Crippen LogP contribution in [0.3, 0.4) is 0 Å². The maximum absolute atomic E-state index is 13.1. The maximum Gasteiger partial charge on any atom is 0.326 e. The summed E-state index contributed by atoms with van der Waals surface area (Å²) < 4.78 is 0. The van der Waals surface area contributed by atoms with Gasteiger partial charge in [0.05, 0.1) is 18.4 Å². The quantitative estimate of drug-likeness (QED) is 0.345. The van der Waals surface area contributed by atoms with E-state index in [9.17, 15) is 19.5 Å². The molecule has 0 aromatic heterocycles. The summed E-state index contributed by atoms with van der Waals surface area (Å²) in [6.07, 6.45) is 2.27. The Morgan fingerprint density at radius 2 is 1.71 bits per heavy atom. The molecule has 1 aromatic carbocycles. The molecule has 7 nitrogen and oxygen atoms in total. The molecule has 0 aliphatic carbocycles. The fourth-order valence-corrected chi connectivity index (χ4v) is 3.33. The van der Waals surface area contributed by atoms with Gasteiger partial charge in [-0.25, -0.2) is 10.3 Å². The molecule has 0 saturated carbocycles. The highest BCUT2D eigenvalue weighted by Gasteiger charge is 2.38. The molecule has 0 saturated heterocycles. The highest BCUT2D eigenvalue weighted by Crippen LogP contribution is 2.27. The number of rotatable bonds is 12. The molecule has 2 amide bonds. The van der Waals surface area contributed by atoms with Crippen LogP contribution >= 0.6 is 0 Å². The number of nitrogens with one attached hydrogen (secondary N) is 2. The van der Waals surface area contributed by atoms with Gasteiger partial charge in [-0.1, -0.05) is 71.0 Å². The zero-order chi connectivity index (χ0) is 23.6. The van der Waals surface area contributed by atoms with E-state index < -0.39 is 41.1 Å². The second-order valence-corrected chi connectivity index (χ2v) is 9.25. The number of benzene rings is 1. The molecule has 172 valence electrons. The molecule has 0 radical (unpaired) electrons. The third-order valence-corrected chi connectivity index (χ3v) is 4.96. The molecular weight excluding hydrogens is 396 g/mol. The third kappa shape index (κ3) is 8.92. The van der Waals surface area contributed by atoms with Gasteiger partial charge in [0, 0.05) is 0 Å². The fourth-order valence-electron chi connectivity index (χ4n) is 3.33. The van der Waals surface area contributed by atoms with Gasteiger partial charge in [0.25, 0.3) is 0 Å². The van der Waals surface area contributed by atoms with Crippen LogP contribution in [-0.4, -0.2) is 28.9 Å². The first-order valence-electron chi connectivity index (χ1n) is 10.6. The Morgan fingerprint density at radius 1 is 1.10 bits per heavy atom. The van der Waals surface area contributed by atoms with Crippen molar-refractivity contribution in [3.05, 3.63) is 48.6 Å². The van der Waals surface area contributed by atoms with Crippen LogP contribution in [0.15, 0.2) is 43.0 Å². The highest BCUT2D eigenvalue weighted by atomic mass is 16.6. The summed E-state index contributed by atoms with van der Waals surface area (Å²) in [4.78, 5) is 43.1. The van der Waals surface area contributed by atoms with Crippen molar-refractivity contribution in [2.45, 2.75) is 60.1 Å². The van der Waals surface area contributed by atoms with Crippen molar-refractivity contribution < 1.29 is 24.3 Å². The lowest BCUT2D eigenvalue weighted by molar-refractivity contribution is -0.148. The van der Waals surface area contributed by atoms with Crippen LogP contribution in [0.1, 0.15) is 53.0 Å². The Kier molecular flexibility index (Phi) is 10.4. The van der Waals surface area contributed by atoms with Crippen LogP contribution in [-0.2, 0) is 25.8 Å². The topological polar surface area (TPSA) is 105 Å². The normalized spacial score (nSPS) is 14.4. The number of hydroxylamine groups is 1. The van der Waals surface area contributed by atoms with Gasteiger partial charge in [-0.15, -0.1) is 6.58 Å². The van der Waals surface area contributed by atoms with Crippen LogP contribution in [0.5, 0.6) is 0 Å². The first-order valence-corrected chi connectivity index (χ1v) is 10.6. The van der Waals surface area contributed by atoms with Gasteiger partial charge in [-0.05, 0) is 29.7 Å². The summed E-state index contributed by atoms with van der Waals surface area (Å²) in [5, 5.41) is 12.2. The lowest BCUT2D eigenvalue weighted by Gasteiger charge is -2.32. The Morgan fingerprint density at radius 3 is 2.19 bits per heavy atom. The van der Waals surface area contributed by atoms with Gasteiger partial charge in [0.2, 0.25) is 11.8 Å². The van der Waals surface area contributed by atoms with Crippen molar-refractivity contribution in [3.8, 4) is 0 Å². The Balaban J connectivity index is 2.97. The number of carboxylic acids is 1. The van der Waals surface area contributed by atoms with Gasteiger partial charge in [0.15, 0.2) is 0 Å². The number of carbonyl (C=O) groups excluding carboxylic acids is 2. The van der Waals surface area contributed by atoms with Crippen molar-refractivity contribution in [2.75, 3.05) is 0 Å². The lowest BCUT2D eigenvalue weighted by Crippen LogP contribution is -2.52. The standard InChI is InChI=1S/C24H36N2O5/c1-7-11-18(22(28)26-31-15-17-12-9-8-10-13-17)19(14-16(2)3)21(27)25-20(23(29)30)24(4,5)6/h7-10,12-13,16,18-20H,1,11,14-15H2,2-6H3,(H,25,27)(H,26,28)(H,29,30)/t18-,19+,20+/m0/s1. The summed E-state index contributed by atoms with van der Waals surface area (Å²) in [7, 11) is 0. The summed E-state index contributed by atoms with van der Waals surface area (Å²) in [6.45, 7) is 13.0. The van der Waals surface area contributed by atoms with E-state index in [4.69, 9.17) is 4.84 Å². The summed E-state index contributed by atoms with van der Waals surface area (Å²) >= 11 is 0. The second kappa shape index (κ2) is 12.2. The summed E-state index contributed by atoms with van der Waals surface area (Å²) in [6, 6.07) is 8.31. The Bertz CT molecular complexity index is 740. The average Bonchev–Trinajstić information content (AvgIpc) is 2.68. The van der Waals surface area contributed by atoms with Gasteiger partial charge in [-0.3, -0.25) is 14.4 Å². The van der Waals surface area contributed by atoms with Crippen LogP contribution in [0.2, 0.25) is 0 Å². The number of hydrogen-bond acceptors (Lipinski definition) is 4. The first-order chi connectivity index (χ1) is 14.5. The van der Waals surface area contributed by atoms with Crippen molar-refractivity contribution in [2.24, 2.45) is 23.2 Å². The zero-order valence-electron chi connectivity index (χ0n) is 19.2. The summed E-state index contributed by atoms with van der Waals surface area (Å²) in [5.41, 5.74) is 2.66. The molecule has 0 bridgehead atoms. The van der Waals surface area contributed by atoms with Crippen LogP contribution in [0, 0.1) is 23.2 Å².